The van der Waals surface area contributed by atoms with Crippen LogP contribution in [0.15, 0.2) is 48.5 Å². The third-order valence-corrected chi connectivity index (χ3v) is 4.65. The molecule has 0 fully saturated rings. The van der Waals surface area contributed by atoms with E-state index in [0.29, 0.717) is 5.69 Å². The fourth-order valence-corrected chi connectivity index (χ4v) is 3.13. The molecule has 0 aliphatic carbocycles. The first-order chi connectivity index (χ1) is 11.7. The second-order valence-corrected chi connectivity index (χ2v) is 7.51. The van der Waals surface area contributed by atoms with Crippen molar-refractivity contribution in [2.75, 3.05) is 22.1 Å². The normalized spacial score (nSPS) is 11.0. The van der Waals surface area contributed by atoms with Crippen LogP contribution in [0, 0.1) is 12.7 Å². The van der Waals surface area contributed by atoms with Crippen molar-refractivity contribution in [3.05, 3.63) is 59.9 Å². The number of para-hydroxylation sites is 1. The first-order valence-corrected chi connectivity index (χ1v) is 9.19. The maximum Gasteiger partial charge on any atom is 0.239 e. The molecular formula is C17H17FN2O4S. The summed E-state index contributed by atoms with van der Waals surface area (Å²) in [5, 5.41) is 4.84. The van der Waals surface area contributed by atoms with Gasteiger partial charge in [0.1, 0.15) is 17.3 Å². The Bertz CT molecular complexity index is 880. The van der Waals surface area contributed by atoms with Gasteiger partial charge in [0.2, 0.25) is 11.8 Å². The van der Waals surface area contributed by atoms with Gasteiger partial charge in [0.25, 0.3) is 0 Å². The number of hydrogen-bond acceptors (Lipinski definition) is 4. The summed E-state index contributed by atoms with van der Waals surface area (Å²) in [5.74, 6) is -3.64. The molecule has 0 aromatic heterocycles. The fourth-order valence-electron chi connectivity index (χ4n) is 2.08. The van der Waals surface area contributed by atoms with Crippen LogP contribution < -0.4 is 10.6 Å². The molecule has 6 nitrogen and oxygen atoms in total. The Morgan fingerprint density at radius 2 is 1.48 bits per heavy atom. The molecule has 25 heavy (non-hydrogen) atoms. The number of sulfone groups is 1. The van der Waals surface area contributed by atoms with Crippen molar-refractivity contribution in [1.29, 1.82) is 0 Å². The molecule has 0 heterocycles. The molecule has 2 rings (SSSR count). The molecule has 0 unspecified atom stereocenters. The summed E-state index contributed by atoms with van der Waals surface area (Å²) in [6.07, 6.45) is 0. The van der Waals surface area contributed by atoms with E-state index in [1.54, 1.807) is 31.2 Å². The van der Waals surface area contributed by atoms with E-state index in [9.17, 15) is 22.4 Å². The van der Waals surface area contributed by atoms with Crippen molar-refractivity contribution < 1.29 is 22.4 Å². The van der Waals surface area contributed by atoms with Gasteiger partial charge in [0.15, 0.2) is 9.84 Å². The summed E-state index contributed by atoms with van der Waals surface area (Å²) in [4.78, 5) is 23.7. The molecule has 132 valence electrons. The van der Waals surface area contributed by atoms with Gasteiger partial charge >= 0.3 is 0 Å². The number of benzene rings is 2. The van der Waals surface area contributed by atoms with Gasteiger partial charge < -0.3 is 10.6 Å². The Hall–Kier alpha value is -2.74. The quantitative estimate of drug-likeness (QED) is 0.821. The summed E-state index contributed by atoms with van der Waals surface area (Å²) in [6, 6.07) is 11.8. The van der Waals surface area contributed by atoms with E-state index in [1.807, 2.05) is 0 Å². The van der Waals surface area contributed by atoms with Gasteiger partial charge in [-0.05, 0) is 42.8 Å². The predicted molar refractivity (Wildman–Crippen MR) is 93.5 cm³/mol. The Morgan fingerprint density at radius 3 is 2.08 bits per heavy atom. The van der Waals surface area contributed by atoms with Gasteiger partial charge in [-0.1, -0.05) is 18.2 Å². The van der Waals surface area contributed by atoms with Crippen molar-refractivity contribution in [1.82, 2.24) is 0 Å². The predicted octanol–water partition coefficient (Wildman–Crippen LogP) is 2.13. The van der Waals surface area contributed by atoms with Gasteiger partial charge in [0.05, 0.1) is 0 Å². The second-order valence-electron chi connectivity index (χ2n) is 5.45. The molecule has 2 N–H and O–H groups in total. The Kier molecular flexibility index (Phi) is 5.87. The minimum absolute atomic E-state index is 0.269. The standard InChI is InChI=1S/C17H17FN2O4S/c1-12-4-2-3-5-15(12)20-17(22)11-25(23,24)10-16(21)19-14-8-6-13(18)7-9-14/h2-9H,10-11H2,1H3,(H,19,21)(H,20,22). The van der Waals surface area contributed by atoms with Crippen LogP contribution in [0.4, 0.5) is 15.8 Å². The maximum atomic E-state index is 12.8. The van der Waals surface area contributed by atoms with E-state index in [1.165, 1.54) is 12.1 Å². The van der Waals surface area contributed by atoms with Gasteiger partial charge in [-0.3, -0.25) is 9.59 Å². The van der Waals surface area contributed by atoms with Crippen LogP contribution in [0.1, 0.15) is 5.56 Å². The lowest BCUT2D eigenvalue weighted by molar-refractivity contribution is -0.114. The highest BCUT2D eigenvalue weighted by Gasteiger charge is 2.21. The van der Waals surface area contributed by atoms with Crippen molar-refractivity contribution in [3.8, 4) is 0 Å². The average molecular weight is 364 g/mol. The van der Waals surface area contributed by atoms with Crippen LogP contribution in [-0.4, -0.2) is 31.7 Å². The first-order valence-electron chi connectivity index (χ1n) is 7.36. The molecule has 0 aliphatic heterocycles. The van der Waals surface area contributed by atoms with Gasteiger partial charge in [-0.2, -0.15) is 0 Å². The monoisotopic (exact) mass is 364 g/mol. The van der Waals surface area contributed by atoms with Gasteiger partial charge in [0, 0.05) is 11.4 Å². The molecule has 8 heteroatoms. The molecule has 2 amide bonds. The molecule has 0 bridgehead atoms. The number of aryl methyl sites for hydroxylation is 1. The molecule has 0 radical (unpaired) electrons. The molecule has 0 saturated carbocycles. The third kappa shape index (κ3) is 6.00. The molecule has 0 aliphatic rings. The third-order valence-electron chi connectivity index (χ3n) is 3.25. The smallest absolute Gasteiger partial charge is 0.239 e. The van der Waals surface area contributed by atoms with Gasteiger partial charge in [-0.15, -0.1) is 0 Å². The van der Waals surface area contributed by atoms with Crippen LogP contribution in [0.3, 0.4) is 0 Å². The molecule has 0 atom stereocenters. The number of nitrogens with one attached hydrogen (secondary N) is 2. The van der Waals surface area contributed by atoms with Crippen LogP contribution in [0.2, 0.25) is 0 Å². The maximum absolute atomic E-state index is 12.8. The summed E-state index contributed by atoms with van der Waals surface area (Å²) in [5.41, 5.74) is 1.58. The largest absolute Gasteiger partial charge is 0.325 e. The lowest BCUT2D eigenvalue weighted by atomic mass is 10.2. The Morgan fingerprint density at radius 1 is 0.920 bits per heavy atom. The van der Waals surface area contributed by atoms with E-state index in [0.717, 1.165) is 17.7 Å². The summed E-state index contributed by atoms with van der Waals surface area (Å²) in [6.45, 7) is 1.78. The molecule has 0 saturated heterocycles. The van der Waals surface area contributed by atoms with E-state index in [-0.39, 0.29) is 5.69 Å². The second kappa shape index (κ2) is 7.89. The van der Waals surface area contributed by atoms with Crippen molar-refractivity contribution in [2.45, 2.75) is 6.92 Å². The zero-order valence-electron chi connectivity index (χ0n) is 13.5. The zero-order valence-corrected chi connectivity index (χ0v) is 14.3. The van der Waals surface area contributed by atoms with Crippen LogP contribution in [0.5, 0.6) is 0 Å². The number of rotatable bonds is 6. The Balaban J connectivity index is 1.92. The highest BCUT2D eigenvalue weighted by atomic mass is 32.2. The first kappa shape index (κ1) is 18.6. The van der Waals surface area contributed by atoms with E-state index >= 15 is 0 Å². The van der Waals surface area contributed by atoms with Gasteiger partial charge in [-0.25, -0.2) is 12.8 Å². The lowest BCUT2D eigenvalue weighted by Crippen LogP contribution is -2.30. The number of amides is 2. The number of halogens is 1. The SMILES string of the molecule is Cc1ccccc1NC(=O)CS(=O)(=O)CC(=O)Nc1ccc(F)cc1. The Labute approximate surface area is 145 Å². The van der Waals surface area contributed by atoms with E-state index in [2.05, 4.69) is 10.6 Å². The fraction of sp³-hybridized carbons (Fsp3) is 0.176. The molecule has 0 spiro atoms. The number of anilines is 2. The summed E-state index contributed by atoms with van der Waals surface area (Å²) < 4.78 is 36.8. The number of carbonyl (C=O) groups excluding carboxylic acids is 2. The van der Waals surface area contributed by atoms with Crippen LogP contribution >= 0.6 is 0 Å². The zero-order chi connectivity index (χ0) is 18.4. The minimum Gasteiger partial charge on any atom is -0.325 e. The summed E-state index contributed by atoms with van der Waals surface area (Å²) >= 11 is 0. The van der Waals surface area contributed by atoms with Crippen molar-refractivity contribution in [3.63, 3.8) is 0 Å². The average Bonchev–Trinajstić information content (AvgIpc) is 2.50. The van der Waals surface area contributed by atoms with E-state index < -0.39 is 39.0 Å². The molecule has 2 aromatic carbocycles. The van der Waals surface area contributed by atoms with Crippen LogP contribution in [-0.2, 0) is 19.4 Å². The highest BCUT2D eigenvalue weighted by Crippen LogP contribution is 2.13. The summed E-state index contributed by atoms with van der Waals surface area (Å²) in [7, 11) is -3.94. The number of hydrogen-bond donors (Lipinski definition) is 2. The molecular weight excluding hydrogens is 347 g/mol. The minimum atomic E-state index is -3.94. The van der Waals surface area contributed by atoms with E-state index in [4.69, 9.17) is 0 Å². The molecule has 2 aromatic rings. The lowest BCUT2D eigenvalue weighted by Gasteiger charge is -2.09. The van der Waals surface area contributed by atoms with Crippen molar-refractivity contribution in [2.24, 2.45) is 0 Å². The van der Waals surface area contributed by atoms with Crippen molar-refractivity contribution >= 4 is 33.0 Å². The number of carbonyl (C=O) groups is 2. The highest BCUT2D eigenvalue weighted by molar-refractivity contribution is 7.92. The topological polar surface area (TPSA) is 92.3 Å². The van der Waals surface area contributed by atoms with Crippen LogP contribution in [0.25, 0.3) is 0 Å².